The Morgan fingerprint density at radius 3 is 2.48 bits per heavy atom. The van der Waals surface area contributed by atoms with Crippen molar-refractivity contribution in [2.24, 2.45) is 0 Å². The number of aromatic nitrogens is 2. The highest BCUT2D eigenvalue weighted by atomic mass is 16.5. The number of rotatable bonds is 6. The van der Waals surface area contributed by atoms with Crippen LogP contribution in [0.2, 0.25) is 0 Å². The smallest absolute Gasteiger partial charge is 0.233 e. The largest absolute Gasteiger partial charge is 0.497 e. The molecular weight excluding hydrogens is 320 g/mol. The van der Waals surface area contributed by atoms with Crippen LogP contribution in [0.4, 0.5) is 0 Å². The fourth-order valence-electron chi connectivity index (χ4n) is 3.19. The molecule has 1 fully saturated rings. The maximum absolute atomic E-state index is 5.57. The van der Waals surface area contributed by atoms with E-state index in [0.717, 1.165) is 49.8 Å². The van der Waals surface area contributed by atoms with Crippen LogP contribution >= 0.6 is 0 Å². The fourth-order valence-corrected chi connectivity index (χ4v) is 3.19. The minimum atomic E-state index is 0.148. The maximum Gasteiger partial charge on any atom is 0.233 e. The Kier molecular flexibility index (Phi) is 5.55. The third kappa shape index (κ3) is 4.11. The van der Waals surface area contributed by atoms with Crippen molar-refractivity contribution in [1.29, 1.82) is 0 Å². The van der Waals surface area contributed by atoms with Crippen molar-refractivity contribution in [2.75, 3.05) is 40.4 Å². The monoisotopic (exact) mass is 346 g/mol. The van der Waals surface area contributed by atoms with Gasteiger partial charge in [0.15, 0.2) is 0 Å². The normalized spacial score (nSPS) is 17.4. The van der Waals surface area contributed by atoms with Gasteiger partial charge in [0.2, 0.25) is 11.8 Å². The minimum absolute atomic E-state index is 0.148. The van der Waals surface area contributed by atoms with Crippen LogP contribution < -0.4 is 9.47 Å². The average Bonchev–Trinajstić information content (AvgIpc) is 3.08. The first kappa shape index (κ1) is 17.7. The lowest BCUT2D eigenvalue weighted by Gasteiger charge is -2.37. The molecule has 1 saturated heterocycles. The van der Waals surface area contributed by atoms with Gasteiger partial charge in [0.25, 0.3) is 0 Å². The Balaban J connectivity index is 1.59. The van der Waals surface area contributed by atoms with Gasteiger partial charge in [-0.25, -0.2) is 0 Å². The Labute approximate surface area is 148 Å². The van der Waals surface area contributed by atoms with Gasteiger partial charge in [0.1, 0.15) is 11.5 Å². The Hall–Kier alpha value is -2.12. The van der Waals surface area contributed by atoms with Crippen molar-refractivity contribution in [2.45, 2.75) is 26.4 Å². The SMILES string of the molecule is COc1ccc(OC)c(CN2CCN([C@H](C)c3nnc(C)o3)CC2)c1. The van der Waals surface area contributed by atoms with Crippen molar-refractivity contribution in [3.05, 3.63) is 35.5 Å². The molecule has 2 heterocycles. The molecule has 2 aromatic rings. The summed E-state index contributed by atoms with van der Waals surface area (Å²) in [6.07, 6.45) is 0. The highest BCUT2D eigenvalue weighted by molar-refractivity contribution is 5.40. The topological polar surface area (TPSA) is 63.9 Å². The minimum Gasteiger partial charge on any atom is -0.497 e. The number of piperazine rings is 1. The molecule has 0 unspecified atom stereocenters. The zero-order valence-electron chi connectivity index (χ0n) is 15.4. The van der Waals surface area contributed by atoms with E-state index in [1.165, 1.54) is 0 Å². The van der Waals surface area contributed by atoms with Gasteiger partial charge in [-0.2, -0.15) is 0 Å². The first-order chi connectivity index (χ1) is 12.1. The molecule has 0 spiro atoms. The molecule has 3 rings (SSSR count). The van der Waals surface area contributed by atoms with Gasteiger partial charge in [0.05, 0.1) is 20.3 Å². The van der Waals surface area contributed by atoms with Crippen LogP contribution in [0.3, 0.4) is 0 Å². The van der Waals surface area contributed by atoms with Crippen LogP contribution in [-0.4, -0.2) is 60.4 Å². The zero-order valence-corrected chi connectivity index (χ0v) is 15.4. The molecule has 0 amide bonds. The molecule has 25 heavy (non-hydrogen) atoms. The molecule has 1 aromatic heterocycles. The Morgan fingerprint density at radius 2 is 1.88 bits per heavy atom. The highest BCUT2D eigenvalue weighted by Gasteiger charge is 2.25. The summed E-state index contributed by atoms with van der Waals surface area (Å²) in [5, 5.41) is 8.08. The van der Waals surface area contributed by atoms with Crippen molar-refractivity contribution in [1.82, 2.24) is 20.0 Å². The van der Waals surface area contributed by atoms with Gasteiger partial charge in [0, 0.05) is 45.2 Å². The average molecular weight is 346 g/mol. The summed E-state index contributed by atoms with van der Waals surface area (Å²) in [5.41, 5.74) is 1.15. The van der Waals surface area contributed by atoms with Crippen LogP contribution in [0.5, 0.6) is 11.5 Å². The maximum atomic E-state index is 5.57. The van der Waals surface area contributed by atoms with Crippen LogP contribution in [0, 0.1) is 6.92 Å². The quantitative estimate of drug-likeness (QED) is 0.795. The van der Waals surface area contributed by atoms with Crippen LogP contribution in [0.1, 0.15) is 30.3 Å². The number of methoxy groups -OCH3 is 2. The number of nitrogens with zero attached hydrogens (tertiary/aromatic N) is 4. The zero-order chi connectivity index (χ0) is 17.8. The van der Waals surface area contributed by atoms with Crippen molar-refractivity contribution in [3.63, 3.8) is 0 Å². The van der Waals surface area contributed by atoms with Gasteiger partial charge in [-0.1, -0.05) is 0 Å². The second-order valence-corrected chi connectivity index (χ2v) is 6.33. The van der Waals surface area contributed by atoms with Crippen molar-refractivity contribution < 1.29 is 13.9 Å². The predicted molar refractivity (Wildman–Crippen MR) is 93.8 cm³/mol. The summed E-state index contributed by atoms with van der Waals surface area (Å²) in [6, 6.07) is 6.09. The molecule has 1 atom stereocenters. The number of hydrogen-bond donors (Lipinski definition) is 0. The summed E-state index contributed by atoms with van der Waals surface area (Å²) in [6.45, 7) is 8.69. The number of hydrogen-bond acceptors (Lipinski definition) is 7. The second-order valence-electron chi connectivity index (χ2n) is 6.33. The molecule has 0 saturated carbocycles. The van der Waals surface area contributed by atoms with E-state index in [0.29, 0.717) is 11.8 Å². The third-order valence-corrected chi connectivity index (χ3v) is 4.74. The van der Waals surface area contributed by atoms with Crippen LogP contribution in [0.15, 0.2) is 22.6 Å². The van der Waals surface area contributed by atoms with Crippen LogP contribution in [0.25, 0.3) is 0 Å². The standard InChI is InChI=1S/C18H26N4O3/c1-13(18-20-19-14(2)25-18)22-9-7-21(8-10-22)12-15-11-16(23-3)5-6-17(15)24-4/h5-6,11,13H,7-10,12H2,1-4H3/t13-/m1/s1. The Bertz CT molecular complexity index is 695. The van der Waals surface area contributed by atoms with Crippen molar-refractivity contribution in [3.8, 4) is 11.5 Å². The van der Waals surface area contributed by atoms with Gasteiger partial charge >= 0.3 is 0 Å². The molecule has 1 aliphatic heterocycles. The number of benzene rings is 1. The first-order valence-corrected chi connectivity index (χ1v) is 8.58. The first-order valence-electron chi connectivity index (χ1n) is 8.58. The number of aryl methyl sites for hydroxylation is 1. The van der Waals surface area contributed by atoms with Gasteiger partial charge in [-0.3, -0.25) is 9.80 Å². The molecular formula is C18H26N4O3. The van der Waals surface area contributed by atoms with E-state index in [4.69, 9.17) is 13.9 Å². The summed E-state index contributed by atoms with van der Waals surface area (Å²) in [5.74, 6) is 3.07. The third-order valence-electron chi connectivity index (χ3n) is 4.74. The molecule has 0 radical (unpaired) electrons. The summed E-state index contributed by atoms with van der Waals surface area (Å²) in [7, 11) is 3.39. The molecule has 0 aliphatic carbocycles. The molecule has 7 nitrogen and oxygen atoms in total. The molecule has 136 valence electrons. The van der Waals surface area contributed by atoms with E-state index < -0.39 is 0 Å². The van der Waals surface area contributed by atoms with E-state index in [1.54, 1.807) is 14.2 Å². The van der Waals surface area contributed by atoms with Gasteiger partial charge in [-0.15, -0.1) is 10.2 Å². The molecule has 1 aromatic carbocycles. The lowest BCUT2D eigenvalue weighted by molar-refractivity contribution is 0.0865. The summed E-state index contributed by atoms with van der Waals surface area (Å²) < 4.78 is 16.4. The van der Waals surface area contributed by atoms with Crippen molar-refractivity contribution >= 4 is 0 Å². The molecule has 7 heteroatoms. The Morgan fingerprint density at radius 1 is 1.12 bits per heavy atom. The number of ether oxygens (including phenoxy) is 2. The van der Waals surface area contributed by atoms with E-state index in [2.05, 4.69) is 33.0 Å². The van der Waals surface area contributed by atoms with Crippen LogP contribution in [-0.2, 0) is 6.54 Å². The molecule has 0 bridgehead atoms. The summed E-state index contributed by atoms with van der Waals surface area (Å²) in [4.78, 5) is 4.81. The van der Waals surface area contributed by atoms with Gasteiger partial charge in [-0.05, 0) is 25.1 Å². The second kappa shape index (κ2) is 7.84. The van der Waals surface area contributed by atoms with E-state index >= 15 is 0 Å². The fraction of sp³-hybridized carbons (Fsp3) is 0.556. The van der Waals surface area contributed by atoms with E-state index in [1.807, 2.05) is 19.1 Å². The lowest BCUT2D eigenvalue weighted by atomic mass is 10.1. The lowest BCUT2D eigenvalue weighted by Crippen LogP contribution is -2.46. The highest BCUT2D eigenvalue weighted by Crippen LogP contribution is 2.26. The molecule has 0 N–H and O–H groups in total. The molecule has 1 aliphatic rings. The van der Waals surface area contributed by atoms with E-state index in [9.17, 15) is 0 Å². The van der Waals surface area contributed by atoms with E-state index in [-0.39, 0.29) is 6.04 Å². The van der Waals surface area contributed by atoms with Gasteiger partial charge < -0.3 is 13.9 Å². The predicted octanol–water partition coefficient (Wildman–Crippen LogP) is 2.27. The summed E-state index contributed by atoms with van der Waals surface area (Å²) >= 11 is 0.